The summed E-state index contributed by atoms with van der Waals surface area (Å²) in [5.74, 6) is 2.33. The van der Waals surface area contributed by atoms with Gasteiger partial charge in [-0.15, -0.1) is 10.2 Å². The predicted octanol–water partition coefficient (Wildman–Crippen LogP) is 3.88. The summed E-state index contributed by atoms with van der Waals surface area (Å²) < 4.78 is 2.35. The highest BCUT2D eigenvalue weighted by atomic mass is 35.5. The van der Waals surface area contributed by atoms with Crippen molar-refractivity contribution in [3.63, 3.8) is 0 Å². The molecule has 2 aliphatic heterocycles. The summed E-state index contributed by atoms with van der Waals surface area (Å²) in [6, 6.07) is 5.82. The Bertz CT molecular complexity index is 811. The van der Waals surface area contributed by atoms with Gasteiger partial charge in [0.05, 0.1) is 5.60 Å². The SMILES string of the molecule is Cc1cc(Cl)ccc1C1(O)CCN(CCCc2nnc3n2CCCCC3)CC1. The fraction of sp³-hybridized carbons (Fsp3) is 0.636. The third kappa shape index (κ3) is 4.27. The Morgan fingerprint density at radius 1 is 1.11 bits per heavy atom. The Morgan fingerprint density at radius 2 is 1.93 bits per heavy atom. The third-order valence-corrected chi connectivity index (χ3v) is 6.67. The van der Waals surface area contributed by atoms with Crippen LogP contribution < -0.4 is 0 Å². The first-order chi connectivity index (χ1) is 13.5. The number of likely N-dealkylation sites (tertiary alicyclic amines) is 1. The van der Waals surface area contributed by atoms with Crippen molar-refractivity contribution in [3.8, 4) is 0 Å². The molecule has 1 fully saturated rings. The van der Waals surface area contributed by atoms with Gasteiger partial charge in [-0.2, -0.15) is 0 Å². The summed E-state index contributed by atoms with van der Waals surface area (Å²) in [4.78, 5) is 2.47. The number of halogens is 1. The first-order valence-electron chi connectivity index (χ1n) is 10.7. The second kappa shape index (κ2) is 8.52. The lowest BCUT2D eigenvalue weighted by Crippen LogP contribution is -2.43. The molecular weight excluding hydrogens is 372 g/mol. The molecule has 1 N–H and O–H groups in total. The Morgan fingerprint density at radius 3 is 2.71 bits per heavy atom. The lowest BCUT2D eigenvalue weighted by atomic mass is 9.82. The molecule has 0 radical (unpaired) electrons. The number of benzene rings is 1. The summed E-state index contributed by atoms with van der Waals surface area (Å²) in [5, 5.41) is 20.8. The van der Waals surface area contributed by atoms with E-state index in [1.807, 2.05) is 25.1 Å². The van der Waals surface area contributed by atoms with Crippen molar-refractivity contribution < 1.29 is 5.11 Å². The zero-order valence-corrected chi connectivity index (χ0v) is 17.6. The minimum atomic E-state index is -0.727. The summed E-state index contributed by atoms with van der Waals surface area (Å²) >= 11 is 6.08. The maximum Gasteiger partial charge on any atom is 0.133 e. The molecule has 2 aliphatic rings. The van der Waals surface area contributed by atoms with Gasteiger partial charge in [0.2, 0.25) is 0 Å². The van der Waals surface area contributed by atoms with Gasteiger partial charge in [0.25, 0.3) is 0 Å². The number of aromatic nitrogens is 3. The molecule has 152 valence electrons. The van der Waals surface area contributed by atoms with Gasteiger partial charge in [0.15, 0.2) is 0 Å². The first-order valence-corrected chi connectivity index (χ1v) is 11.1. The number of rotatable bonds is 5. The minimum Gasteiger partial charge on any atom is -0.385 e. The highest BCUT2D eigenvalue weighted by Crippen LogP contribution is 2.35. The zero-order valence-electron chi connectivity index (χ0n) is 16.8. The van der Waals surface area contributed by atoms with Crippen LogP contribution in [0.1, 0.15) is 61.3 Å². The lowest BCUT2D eigenvalue weighted by Gasteiger charge is -2.39. The molecule has 0 unspecified atom stereocenters. The Hall–Kier alpha value is -1.43. The van der Waals surface area contributed by atoms with E-state index < -0.39 is 5.60 Å². The third-order valence-electron chi connectivity index (χ3n) is 6.43. The summed E-state index contributed by atoms with van der Waals surface area (Å²) in [6.07, 6.45) is 8.48. The van der Waals surface area contributed by atoms with Crippen LogP contribution >= 0.6 is 11.6 Å². The summed E-state index contributed by atoms with van der Waals surface area (Å²) in [6.45, 7) is 6.02. The van der Waals surface area contributed by atoms with Gasteiger partial charge in [-0.25, -0.2) is 0 Å². The van der Waals surface area contributed by atoms with E-state index in [9.17, 15) is 5.11 Å². The maximum atomic E-state index is 11.2. The number of piperidine rings is 1. The molecule has 2 aromatic rings. The standard InChI is InChI=1S/C22H31ClN4O/c1-17-16-18(23)8-9-19(17)22(28)10-14-26(15-11-22)12-5-7-21-25-24-20-6-3-2-4-13-27(20)21/h8-9,16,28H,2-7,10-15H2,1H3. The van der Waals surface area contributed by atoms with Crippen molar-refractivity contribution in [1.82, 2.24) is 19.7 Å². The van der Waals surface area contributed by atoms with Gasteiger partial charge in [0.1, 0.15) is 11.6 Å². The van der Waals surface area contributed by atoms with E-state index in [1.54, 1.807) is 0 Å². The molecular formula is C22H31ClN4O. The van der Waals surface area contributed by atoms with Gasteiger partial charge in [-0.05, 0) is 68.8 Å². The average molecular weight is 403 g/mol. The van der Waals surface area contributed by atoms with Crippen molar-refractivity contribution in [2.24, 2.45) is 0 Å². The molecule has 0 spiro atoms. The first kappa shape index (κ1) is 19.9. The van der Waals surface area contributed by atoms with Crippen LogP contribution in [-0.4, -0.2) is 44.4 Å². The molecule has 6 heteroatoms. The molecule has 0 atom stereocenters. The Labute approximate surface area is 172 Å². The molecule has 0 amide bonds. The van der Waals surface area contributed by atoms with Crippen molar-refractivity contribution in [3.05, 3.63) is 46.0 Å². The van der Waals surface area contributed by atoms with E-state index in [4.69, 9.17) is 11.6 Å². The quantitative estimate of drug-likeness (QED) is 0.824. The van der Waals surface area contributed by atoms with Gasteiger partial charge >= 0.3 is 0 Å². The van der Waals surface area contributed by atoms with Gasteiger partial charge in [-0.1, -0.05) is 24.1 Å². The molecule has 3 heterocycles. The van der Waals surface area contributed by atoms with E-state index in [2.05, 4.69) is 19.7 Å². The van der Waals surface area contributed by atoms with Crippen molar-refractivity contribution >= 4 is 11.6 Å². The van der Waals surface area contributed by atoms with E-state index in [0.717, 1.165) is 80.3 Å². The van der Waals surface area contributed by atoms with Gasteiger partial charge in [-0.3, -0.25) is 0 Å². The molecule has 0 bridgehead atoms. The van der Waals surface area contributed by atoms with Crippen molar-refractivity contribution in [2.75, 3.05) is 19.6 Å². The van der Waals surface area contributed by atoms with Crippen LogP contribution in [0, 0.1) is 6.92 Å². The second-order valence-electron chi connectivity index (χ2n) is 8.43. The second-order valence-corrected chi connectivity index (χ2v) is 8.87. The molecule has 1 saturated heterocycles. The number of aryl methyl sites for hydroxylation is 3. The van der Waals surface area contributed by atoms with Crippen LogP contribution in [0.4, 0.5) is 0 Å². The van der Waals surface area contributed by atoms with Gasteiger partial charge < -0.3 is 14.6 Å². The number of nitrogens with zero attached hydrogens (tertiary/aromatic N) is 4. The molecule has 1 aromatic carbocycles. The normalized spacial score (nSPS) is 20.0. The Kier molecular flexibility index (Phi) is 6.04. The number of aliphatic hydroxyl groups is 1. The number of fused-ring (bicyclic) bond motifs is 1. The predicted molar refractivity (Wildman–Crippen MR) is 112 cm³/mol. The smallest absolute Gasteiger partial charge is 0.133 e. The van der Waals surface area contributed by atoms with Gasteiger partial charge in [0, 0.05) is 37.5 Å². The van der Waals surface area contributed by atoms with E-state index in [1.165, 1.54) is 25.1 Å². The van der Waals surface area contributed by atoms with E-state index in [0.29, 0.717) is 0 Å². The van der Waals surface area contributed by atoms with Crippen molar-refractivity contribution in [1.29, 1.82) is 0 Å². The van der Waals surface area contributed by atoms with Crippen LogP contribution in [0.15, 0.2) is 18.2 Å². The van der Waals surface area contributed by atoms with Crippen LogP contribution in [0.2, 0.25) is 5.02 Å². The van der Waals surface area contributed by atoms with E-state index >= 15 is 0 Å². The van der Waals surface area contributed by atoms with Crippen LogP contribution in [0.25, 0.3) is 0 Å². The molecule has 5 nitrogen and oxygen atoms in total. The molecule has 28 heavy (non-hydrogen) atoms. The molecule has 0 aliphatic carbocycles. The zero-order chi connectivity index (χ0) is 19.6. The fourth-order valence-electron chi connectivity index (χ4n) is 4.76. The largest absolute Gasteiger partial charge is 0.385 e. The summed E-state index contributed by atoms with van der Waals surface area (Å²) in [5.41, 5.74) is 1.38. The number of hydrogen-bond donors (Lipinski definition) is 1. The monoisotopic (exact) mass is 402 g/mol. The highest BCUT2D eigenvalue weighted by molar-refractivity contribution is 6.30. The fourth-order valence-corrected chi connectivity index (χ4v) is 4.98. The molecule has 0 saturated carbocycles. The van der Waals surface area contributed by atoms with Crippen LogP contribution in [0.3, 0.4) is 0 Å². The maximum absolute atomic E-state index is 11.2. The topological polar surface area (TPSA) is 54.2 Å². The number of hydrogen-bond acceptors (Lipinski definition) is 4. The molecule has 4 rings (SSSR count). The average Bonchev–Trinajstić information content (AvgIpc) is 2.90. The van der Waals surface area contributed by atoms with Crippen molar-refractivity contribution in [2.45, 2.75) is 70.4 Å². The van der Waals surface area contributed by atoms with E-state index in [-0.39, 0.29) is 0 Å². The Balaban J connectivity index is 1.29. The molecule has 1 aromatic heterocycles. The lowest BCUT2D eigenvalue weighted by molar-refractivity contribution is -0.0264. The van der Waals surface area contributed by atoms with Crippen LogP contribution in [0.5, 0.6) is 0 Å². The summed E-state index contributed by atoms with van der Waals surface area (Å²) in [7, 11) is 0. The van der Waals surface area contributed by atoms with Crippen LogP contribution in [-0.2, 0) is 25.0 Å². The minimum absolute atomic E-state index is 0.727. The highest BCUT2D eigenvalue weighted by Gasteiger charge is 2.34.